The predicted molar refractivity (Wildman–Crippen MR) is 77.1 cm³/mol. The fraction of sp³-hybridized carbons (Fsp3) is 0.500. The van der Waals surface area contributed by atoms with E-state index in [4.69, 9.17) is 5.11 Å². The van der Waals surface area contributed by atoms with Crippen LogP contribution < -0.4 is 0 Å². The first-order chi connectivity index (χ1) is 10.6. The molecule has 0 aliphatic carbocycles. The lowest BCUT2D eigenvalue weighted by molar-refractivity contribution is -0.187. The zero-order valence-electron chi connectivity index (χ0n) is 12.8. The minimum absolute atomic E-state index is 0.265. The van der Waals surface area contributed by atoms with Crippen molar-refractivity contribution in [3.8, 4) is 0 Å². The summed E-state index contributed by atoms with van der Waals surface area (Å²) < 4.78 is 38.9. The molecule has 1 N–H and O–H groups in total. The van der Waals surface area contributed by atoms with E-state index in [1.54, 1.807) is 24.3 Å². The number of alkyl halides is 3. The minimum Gasteiger partial charge on any atom is -0.481 e. The average Bonchev–Trinajstić information content (AvgIpc) is 2.92. The van der Waals surface area contributed by atoms with Gasteiger partial charge in [0.2, 0.25) is 0 Å². The third kappa shape index (κ3) is 3.65. The average molecular weight is 329 g/mol. The zero-order chi connectivity index (χ0) is 17.4. The number of rotatable bonds is 3. The largest absolute Gasteiger partial charge is 0.481 e. The SMILES string of the molecule is CC(C)c1ccc(C(=O)N2C[C@@H](C(F)(F)F)[C@H](C(=O)O)C2)cc1. The fourth-order valence-corrected chi connectivity index (χ4v) is 2.74. The van der Waals surface area contributed by atoms with Crippen LogP contribution in [0.25, 0.3) is 0 Å². The highest BCUT2D eigenvalue weighted by Gasteiger charge is 2.53. The quantitative estimate of drug-likeness (QED) is 0.927. The summed E-state index contributed by atoms with van der Waals surface area (Å²) in [4.78, 5) is 24.4. The van der Waals surface area contributed by atoms with Crippen LogP contribution in [-0.2, 0) is 4.79 Å². The van der Waals surface area contributed by atoms with Gasteiger partial charge in [-0.25, -0.2) is 0 Å². The summed E-state index contributed by atoms with van der Waals surface area (Å²) in [6.45, 7) is 2.93. The second kappa shape index (κ2) is 6.22. The lowest BCUT2D eigenvalue weighted by Gasteiger charge is -2.18. The highest BCUT2D eigenvalue weighted by atomic mass is 19.4. The van der Waals surface area contributed by atoms with Crippen LogP contribution in [0.3, 0.4) is 0 Å². The Morgan fingerprint density at radius 3 is 2.13 bits per heavy atom. The maximum atomic E-state index is 13.0. The molecule has 1 amide bonds. The molecule has 0 spiro atoms. The molecule has 1 heterocycles. The summed E-state index contributed by atoms with van der Waals surface area (Å²) in [6, 6.07) is 6.64. The van der Waals surface area contributed by atoms with Gasteiger partial charge >= 0.3 is 12.1 Å². The Hall–Kier alpha value is -2.05. The Morgan fingerprint density at radius 1 is 1.17 bits per heavy atom. The number of halogens is 3. The van der Waals surface area contributed by atoms with Crippen LogP contribution in [0.1, 0.15) is 35.7 Å². The third-order valence-electron chi connectivity index (χ3n) is 4.17. The van der Waals surface area contributed by atoms with Crippen molar-refractivity contribution >= 4 is 11.9 Å². The summed E-state index contributed by atoms with van der Waals surface area (Å²) in [5.41, 5.74) is 1.28. The van der Waals surface area contributed by atoms with Crippen LogP contribution in [0.4, 0.5) is 13.2 Å². The molecule has 0 aromatic heterocycles. The molecule has 0 unspecified atom stereocenters. The predicted octanol–water partition coefficient (Wildman–Crippen LogP) is 3.15. The summed E-state index contributed by atoms with van der Waals surface area (Å²) in [6.07, 6.45) is -4.64. The molecule has 1 saturated heterocycles. The molecule has 1 aromatic rings. The molecule has 2 rings (SSSR count). The summed E-state index contributed by atoms with van der Waals surface area (Å²) in [7, 11) is 0. The molecule has 0 bridgehead atoms. The highest BCUT2D eigenvalue weighted by molar-refractivity contribution is 5.95. The molecule has 2 atom stereocenters. The first kappa shape index (κ1) is 17.3. The topological polar surface area (TPSA) is 57.6 Å². The van der Waals surface area contributed by atoms with Crippen LogP contribution in [-0.4, -0.2) is 41.1 Å². The zero-order valence-corrected chi connectivity index (χ0v) is 12.8. The van der Waals surface area contributed by atoms with Crippen LogP contribution in [0.15, 0.2) is 24.3 Å². The van der Waals surface area contributed by atoms with Crippen molar-refractivity contribution in [3.05, 3.63) is 35.4 Å². The number of carboxylic acid groups (broad SMARTS) is 1. The first-order valence-corrected chi connectivity index (χ1v) is 7.30. The van der Waals surface area contributed by atoms with E-state index >= 15 is 0 Å². The molecule has 1 fully saturated rings. The van der Waals surface area contributed by atoms with Crippen LogP contribution >= 0.6 is 0 Å². The second-order valence-electron chi connectivity index (χ2n) is 6.08. The molecule has 126 valence electrons. The van der Waals surface area contributed by atoms with Gasteiger partial charge in [-0.05, 0) is 23.6 Å². The van der Waals surface area contributed by atoms with Crippen molar-refractivity contribution in [2.24, 2.45) is 11.8 Å². The maximum absolute atomic E-state index is 13.0. The number of carbonyl (C=O) groups is 2. The number of carbonyl (C=O) groups excluding carboxylic acids is 1. The van der Waals surface area contributed by atoms with E-state index in [1.807, 2.05) is 13.8 Å². The summed E-state index contributed by atoms with van der Waals surface area (Å²) >= 11 is 0. The Morgan fingerprint density at radius 2 is 1.74 bits per heavy atom. The van der Waals surface area contributed by atoms with E-state index in [0.29, 0.717) is 0 Å². The lowest BCUT2D eigenvalue weighted by Crippen LogP contribution is -2.34. The van der Waals surface area contributed by atoms with Crippen LogP contribution in [0.5, 0.6) is 0 Å². The monoisotopic (exact) mass is 329 g/mol. The van der Waals surface area contributed by atoms with Gasteiger partial charge in [0.25, 0.3) is 5.91 Å². The number of carboxylic acids is 1. The minimum atomic E-state index is -4.64. The Bertz CT molecular complexity index is 596. The number of likely N-dealkylation sites (tertiary alicyclic amines) is 1. The first-order valence-electron chi connectivity index (χ1n) is 7.30. The van der Waals surface area contributed by atoms with E-state index in [2.05, 4.69) is 0 Å². The molecule has 1 aromatic carbocycles. The lowest BCUT2D eigenvalue weighted by atomic mass is 9.96. The van der Waals surface area contributed by atoms with Gasteiger partial charge in [-0.1, -0.05) is 26.0 Å². The smallest absolute Gasteiger partial charge is 0.394 e. The van der Waals surface area contributed by atoms with E-state index in [1.165, 1.54) is 0 Å². The van der Waals surface area contributed by atoms with Crippen molar-refractivity contribution in [2.75, 3.05) is 13.1 Å². The van der Waals surface area contributed by atoms with Gasteiger partial charge in [0.05, 0.1) is 11.8 Å². The molecule has 1 aliphatic rings. The molecule has 0 radical (unpaired) electrons. The number of benzene rings is 1. The fourth-order valence-electron chi connectivity index (χ4n) is 2.74. The van der Waals surface area contributed by atoms with Crippen molar-refractivity contribution in [1.29, 1.82) is 0 Å². The molecule has 0 saturated carbocycles. The van der Waals surface area contributed by atoms with Gasteiger partial charge in [-0.3, -0.25) is 9.59 Å². The Labute approximate surface area is 131 Å². The maximum Gasteiger partial charge on any atom is 0.394 e. The molecular weight excluding hydrogens is 311 g/mol. The second-order valence-corrected chi connectivity index (χ2v) is 6.08. The van der Waals surface area contributed by atoms with E-state index in [-0.39, 0.29) is 11.5 Å². The summed E-state index contributed by atoms with van der Waals surface area (Å²) in [5, 5.41) is 8.98. The molecule has 4 nitrogen and oxygen atoms in total. The van der Waals surface area contributed by atoms with Gasteiger partial charge < -0.3 is 10.0 Å². The van der Waals surface area contributed by atoms with Crippen molar-refractivity contribution in [1.82, 2.24) is 4.90 Å². The Balaban J connectivity index is 2.18. The van der Waals surface area contributed by atoms with Gasteiger partial charge in [0.15, 0.2) is 0 Å². The van der Waals surface area contributed by atoms with Gasteiger partial charge in [-0.2, -0.15) is 13.2 Å². The van der Waals surface area contributed by atoms with Crippen LogP contribution in [0.2, 0.25) is 0 Å². The number of hydrogen-bond acceptors (Lipinski definition) is 2. The van der Waals surface area contributed by atoms with Gasteiger partial charge in [0, 0.05) is 18.7 Å². The molecule has 1 aliphatic heterocycles. The summed E-state index contributed by atoms with van der Waals surface area (Å²) in [5.74, 6) is -5.47. The number of amides is 1. The third-order valence-corrected chi connectivity index (χ3v) is 4.17. The number of nitrogens with zero attached hydrogens (tertiary/aromatic N) is 1. The normalized spacial score (nSPS) is 21.7. The van der Waals surface area contributed by atoms with Crippen LogP contribution in [0, 0.1) is 11.8 Å². The van der Waals surface area contributed by atoms with Gasteiger partial charge in [-0.15, -0.1) is 0 Å². The number of hydrogen-bond donors (Lipinski definition) is 1. The van der Waals surface area contributed by atoms with Crippen molar-refractivity contribution in [3.63, 3.8) is 0 Å². The van der Waals surface area contributed by atoms with E-state index in [9.17, 15) is 22.8 Å². The van der Waals surface area contributed by atoms with Crippen molar-refractivity contribution < 1.29 is 27.9 Å². The van der Waals surface area contributed by atoms with Crippen molar-refractivity contribution in [2.45, 2.75) is 25.9 Å². The number of aliphatic carboxylic acids is 1. The highest BCUT2D eigenvalue weighted by Crippen LogP contribution is 2.38. The molecule has 7 heteroatoms. The Kier molecular flexibility index (Phi) is 4.68. The van der Waals surface area contributed by atoms with E-state index in [0.717, 1.165) is 10.5 Å². The molecular formula is C16H18F3NO3. The van der Waals surface area contributed by atoms with E-state index < -0.39 is 43.0 Å². The molecule has 23 heavy (non-hydrogen) atoms. The standard InChI is InChI=1S/C16H18F3NO3/c1-9(2)10-3-5-11(6-4-10)14(21)20-7-12(15(22)23)13(8-20)16(17,18)19/h3-6,9,12-13H,7-8H2,1-2H3,(H,22,23)/t12-,13-/m1/s1. The van der Waals surface area contributed by atoms with Gasteiger partial charge in [0.1, 0.15) is 0 Å².